The molecular weight excluding hydrogens is 743 g/mol. The lowest BCUT2D eigenvalue weighted by atomic mass is 10.0. The molecule has 0 spiro atoms. The van der Waals surface area contributed by atoms with E-state index in [1.165, 1.54) is 212 Å². The maximum atomic E-state index is 12.4. The third-order valence-electron chi connectivity index (χ3n) is 12.6. The van der Waals surface area contributed by atoms with Gasteiger partial charge in [0.05, 0.1) is 25.4 Å². The molecule has 0 fully saturated rings. The van der Waals surface area contributed by atoms with Crippen molar-refractivity contribution in [3.63, 3.8) is 0 Å². The third kappa shape index (κ3) is 46.1. The molecule has 356 valence electrons. The van der Waals surface area contributed by atoms with Gasteiger partial charge < -0.3 is 20.3 Å². The van der Waals surface area contributed by atoms with Crippen molar-refractivity contribution in [1.29, 1.82) is 0 Å². The fourth-order valence-electron chi connectivity index (χ4n) is 8.40. The number of esters is 1. The first-order chi connectivity index (χ1) is 29.5. The van der Waals surface area contributed by atoms with Gasteiger partial charge in [0, 0.05) is 12.8 Å². The van der Waals surface area contributed by atoms with E-state index in [0.717, 1.165) is 57.8 Å². The number of allylic oxidation sites excluding steroid dienone is 1. The summed E-state index contributed by atoms with van der Waals surface area (Å²) in [5, 5.41) is 23.0. The second-order valence-electron chi connectivity index (χ2n) is 18.6. The number of ether oxygens (including phenoxy) is 1. The molecule has 0 aromatic rings. The van der Waals surface area contributed by atoms with E-state index in [0.29, 0.717) is 19.4 Å². The number of rotatable bonds is 50. The van der Waals surface area contributed by atoms with Crippen LogP contribution in [0, 0.1) is 0 Å². The molecule has 0 bridgehead atoms. The Morgan fingerprint density at radius 3 is 1.13 bits per heavy atom. The first kappa shape index (κ1) is 58.6. The van der Waals surface area contributed by atoms with Gasteiger partial charge in [-0.15, -0.1) is 0 Å². The third-order valence-corrected chi connectivity index (χ3v) is 12.6. The van der Waals surface area contributed by atoms with Gasteiger partial charge in [0.2, 0.25) is 5.91 Å². The molecule has 6 nitrogen and oxygen atoms in total. The summed E-state index contributed by atoms with van der Waals surface area (Å²) in [4.78, 5) is 24.5. The fraction of sp³-hybridized carbons (Fsp3) is 0.926. The fourth-order valence-corrected chi connectivity index (χ4v) is 8.40. The van der Waals surface area contributed by atoms with Crippen molar-refractivity contribution in [2.24, 2.45) is 0 Å². The maximum absolute atomic E-state index is 12.4. The Morgan fingerprint density at radius 1 is 0.450 bits per heavy atom. The van der Waals surface area contributed by atoms with Gasteiger partial charge in [-0.3, -0.25) is 9.59 Å². The zero-order chi connectivity index (χ0) is 43.7. The number of unbranched alkanes of at least 4 members (excludes halogenated alkanes) is 39. The highest BCUT2D eigenvalue weighted by Gasteiger charge is 2.18. The van der Waals surface area contributed by atoms with Crippen LogP contribution in [-0.2, 0) is 14.3 Å². The Hall–Kier alpha value is -1.40. The van der Waals surface area contributed by atoms with E-state index < -0.39 is 12.1 Å². The van der Waals surface area contributed by atoms with Crippen LogP contribution < -0.4 is 5.32 Å². The summed E-state index contributed by atoms with van der Waals surface area (Å²) in [6.07, 6.45) is 57.9. The molecule has 60 heavy (non-hydrogen) atoms. The van der Waals surface area contributed by atoms with Crippen LogP contribution in [-0.4, -0.2) is 47.4 Å². The topological polar surface area (TPSA) is 95.9 Å². The number of hydrogen-bond acceptors (Lipinski definition) is 5. The standard InChI is InChI=1S/C54H105NO5/c1-3-5-7-9-11-13-15-17-18-19-20-21-22-23-28-32-36-40-44-48-54(59)60-49-45-41-37-33-29-25-24-27-31-35-39-43-47-53(58)55-51(50-56)52(57)46-42-38-34-30-26-16-14-12-10-8-6-4-2/h42,46,51-52,56-57H,3-41,43-45,47-50H2,1-2H3,(H,55,58)/b46-42+. The summed E-state index contributed by atoms with van der Waals surface area (Å²) in [5.41, 5.74) is 0. The molecule has 2 unspecified atom stereocenters. The van der Waals surface area contributed by atoms with E-state index in [2.05, 4.69) is 19.2 Å². The molecule has 0 rings (SSSR count). The van der Waals surface area contributed by atoms with Gasteiger partial charge in [-0.05, 0) is 32.1 Å². The van der Waals surface area contributed by atoms with Gasteiger partial charge in [0.25, 0.3) is 0 Å². The van der Waals surface area contributed by atoms with E-state index in [1.54, 1.807) is 6.08 Å². The monoisotopic (exact) mass is 848 g/mol. The predicted octanol–water partition coefficient (Wildman–Crippen LogP) is 16.1. The Kier molecular flexibility index (Phi) is 49.1. The van der Waals surface area contributed by atoms with Crippen molar-refractivity contribution in [2.75, 3.05) is 13.2 Å². The van der Waals surface area contributed by atoms with Gasteiger partial charge in [0.1, 0.15) is 0 Å². The zero-order valence-electron chi connectivity index (χ0n) is 40.5. The Balaban J connectivity index is 3.43. The van der Waals surface area contributed by atoms with Crippen LogP contribution in [0.5, 0.6) is 0 Å². The first-order valence-corrected chi connectivity index (χ1v) is 27.0. The Labute approximate surface area is 374 Å². The summed E-state index contributed by atoms with van der Waals surface area (Å²) in [6, 6.07) is -0.637. The van der Waals surface area contributed by atoms with Crippen LogP contribution in [0.1, 0.15) is 296 Å². The number of nitrogens with one attached hydrogen (secondary N) is 1. The molecule has 6 heteroatoms. The Bertz CT molecular complexity index is 893. The molecule has 1 amide bonds. The minimum absolute atomic E-state index is 0.00604. The lowest BCUT2D eigenvalue weighted by molar-refractivity contribution is -0.143. The molecule has 0 saturated carbocycles. The van der Waals surface area contributed by atoms with Crippen LogP contribution in [0.2, 0.25) is 0 Å². The minimum Gasteiger partial charge on any atom is -0.466 e. The first-order valence-electron chi connectivity index (χ1n) is 27.0. The second-order valence-corrected chi connectivity index (χ2v) is 18.6. The van der Waals surface area contributed by atoms with Crippen molar-refractivity contribution in [2.45, 2.75) is 309 Å². The predicted molar refractivity (Wildman–Crippen MR) is 260 cm³/mol. The SMILES string of the molecule is CCCCCCCCCCCC/C=C/C(O)C(CO)NC(=O)CCCCCCCCCCCCCCOC(=O)CCCCCCCCCCCCCCCCCCCCC. The summed E-state index contributed by atoms with van der Waals surface area (Å²) in [5.74, 6) is -0.0890. The van der Waals surface area contributed by atoms with Gasteiger partial charge in [0.15, 0.2) is 0 Å². The molecule has 0 aromatic carbocycles. The van der Waals surface area contributed by atoms with E-state index in [-0.39, 0.29) is 18.5 Å². The van der Waals surface area contributed by atoms with Gasteiger partial charge in [-0.1, -0.05) is 264 Å². The molecule has 0 radical (unpaired) electrons. The zero-order valence-corrected chi connectivity index (χ0v) is 40.5. The number of carbonyl (C=O) groups is 2. The number of aliphatic hydroxyl groups excluding tert-OH is 2. The number of hydrogen-bond donors (Lipinski definition) is 3. The maximum Gasteiger partial charge on any atom is 0.305 e. The van der Waals surface area contributed by atoms with Crippen LogP contribution >= 0.6 is 0 Å². The van der Waals surface area contributed by atoms with Gasteiger partial charge >= 0.3 is 5.97 Å². The van der Waals surface area contributed by atoms with Crippen molar-refractivity contribution >= 4 is 11.9 Å². The average molecular weight is 848 g/mol. The normalized spacial score (nSPS) is 12.7. The van der Waals surface area contributed by atoms with Crippen LogP contribution in [0.25, 0.3) is 0 Å². The molecule has 0 saturated heterocycles. The smallest absolute Gasteiger partial charge is 0.305 e. The molecule has 0 aliphatic rings. The minimum atomic E-state index is -0.852. The summed E-state index contributed by atoms with van der Waals surface area (Å²) >= 11 is 0. The van der Waals surface area contributed by atoms with Gasteiger partial charge in [-0.2, -0.15) is 0 Å². The van der Waals surface area contributed by atoms with E-state index in [1.807, 2.05) is 6.08 Å². The Morgan fingerprint density at radius 2 is 0.767 bits per heavy atom. The molecule has 0 aliphatic heterocycles. The van der Waals surface area contributed by atoms with Gasteiger partial charge in [-0.25, -0.2) is 0 Å². The molecule has 2 atom stereocenters. The quantitative estimate of drug-likeness (QED) is 0.0322. The summed E-state index contributed by atoms with van der Waals surface area (Å²) < 4.78 is 5.48. The van der Waals surface area contributed by atoms with Crippen LogP contribution in [0.15, 0.2) is 12.2 Å². The van der Waals surface area contributed by atoms with Crippen molar-refractivity contribution in [1.82, 2.24) is 5.32 Å². The van der Waals surface area contributed by atoms with Crippen LogP contribution in [0.4, 0.5) is 0 Å². The number of aliphatic hydroxyl groups is 2. The summed E-state index contributed by atoms with van der Waals surface area (Å²) in [7, 11) is 0. The number of carbonyl (C=O) groups excluding carboxylic acids is 2. The van der Waals surface area contributed by atoms with E-state index in [4.69, 9.17) is 4.74 Å². The average Bonchev–Trinajstić information content (AvgIpc) is 3.25. The summed E-state index contributed by atoms with van der Waals surface area (Å²) in [6.45, 7) is 4.87. The molecular formula is C54H105NO5. The van der Waals surface area contributed by atoms with E-state index in [9.17, 15) is 19.8 Å². The lowest BCUT2D eigenvalue weighted by Gasteiger charge is -2.20. The second kappa shape index (κ2) is 50.2. The molecule has 0 heterocycles. The van der Waals surface area contributed by atoms with Crippen LogP contribution in [0.3, 0.4) is 0 Å². The van der Waals surface area contributed by atoms with Crippen molar-refractivity contribution in [3.05, 3.63) is 12.2 Å². The highest BCUT2D eigenvalue weighted by Crippen LogP contribution is 2.17. The molecule has 0 aromatic heterocycles. The highest BCUT2D eigenvalue weighted by molar-refractivity contribution is 5.76. The number of amides is 1. The molecule has 3 N–H and O–H groups in total. The van der Waals surface area contributed by atoms with Crippen molar-refractivity contribution in [3.8, 4) is 0 Å². The molecule has 0 aliphatic carbocycles. The highest BCUT2D eigenvalue weighted by atomic mass is 16.5. The lowest BCUT2D eigenvalue weighted by Crippen LogP contribution is -2.45. The largest absolute Gasteiger partial charge is 0.466 e. The van der Waals surface area contributed by atoms with E-state index >= 15 is 0 Å². The van der Waals surface area contributed by atoms with Crippen molar-refractivity contribution < 1.29 is 24.5 Å².